The molecule has 0 aliphatic rings. The fourth-order valence-corrected chi connectivity index (χ4v) is 4.45. The Morgan fingerprint density at radius 1 is 1.00 bits per heavy atom. The summed E-state index contributed by atoms with van der Waals surface area (Å²) in [5, 5.41) is 0. The van der Waals surface area contributed by atoms with Crippen molar-refractivity contribution in [2.24, 2.45) is 0 Å². The summed E-state index contributed by atoms with van der Waals surface area (Å²) in [5.74, 6) is 0. The molecule has 4 heteroatoms. The smallest absolute Gasteiger partial charge is 0.143 e. The highest BCUT2D eigenvalue weighted by Gasteiger charge is 2.16. The molecule has 0 aromatic carbocycles. The lowest BCUT2D eigenvalue weighted by Gasteiger charge is -2.25. The van der Waals surface area contributed by atoms with Crippen LogP contribution in [-0.4, -0.2) is 22.5 Å². The van der Waals surface area contributed by atoms with E-state index in [2.05, 4.69) is 69.2 Å². The van der Waals surface area contributed by atoms with E-state index in [1.54, 1.807) is 0 Å². The van der Waals surface area contributed by atoms with Crippen molar-refractivity contribution in [3.05, 3.63) is 11.8 Å². The Bertz CT molecular complexity index is 224. The summed E-state index contributed by atoms with van der Waals surface area (Å²) in [6, 6.07) is 0.473. The Labute approximate surface area is 97.7 Å². The summed E-state index contributed by atoms with van der Waals surface area (Å²) in [6.07, 6.45) is 2.30. The molecule has 0 rings (SSSR count). The maximum Gasteiger partial charge on any atom is 0.143 e. The second kappa shape index (κ2) is 5.32. The maximum absolute atomic E-state index is 3.67. The van der Waals surface area contributed by atoms with Crippen molar-refractivity contribution in [2.75, 3.05) is 0 Å². The van der Waals surface area contributed by atoms with Gasteiger partial charge in [-0.1, -0.05) is 45.4 Å². The molecule has 0 amide bonds. The molecule has 0 saturated carbocycles. The normalized spacial score (nSPS) is 16.4. The van der Waals surface area contributed by atoms with Crippen molar-refractivity contribution >= 4 is 16.5 Å². The van der Waals surface area contributed by atoms with E-state index in [-0.39, 0.29) is 0 Å². The molecule has 0 bridgehead atoms. The van der Waals surface area contributed by atoms with Gasteiger partial charge in [-0.25, -0.2) is 0 Å². The fraction of sp³-hybridized carbons (Fsp3) is 0.818. The van der Waals surface area contributed by atoms with Crippen LogP contribution < -0.4 is 9.96 Å². The van der Waals surface area contributed by atoms with Crippen LogP contribution in [0.25, 0.3) is 0 Å². The summed E-state index contributed by atoms with van der Waals surface area (Å²) in [4.78, 5) is 7.28. The van der Waals surface area contributed by atoms with Crippen LogP contribution in [0.15, 0.2) is 11.8 Å². The minimum atomic E-state index is -1.18. The maximum atomic E-state index is 3.67. The molecule has 1 unspecified atom stereocenters. The van der Waals surface area contributed by atoms with Crippen molar-refractivity contribution in [1.82, 2.24) is 9.96 Å². The van der Waals surface area contributed by atoms with Gasteiger partial charge in [0.2, 0.25) is 0 Å². The van der Waals surface area contributed by atoms with E-state index < -0.39 is 16.5 Å². The van der Waals surface area contributed by atoms with Crippen molar-refractivity contribution in [2.45, 2.75) is 59.2 Å². The minimum absolute atomic E-state index is 0.473. The highest BCUT2D eigenvalue weighted by Crippen LogP contribution is 2.03. The van der Waals surface area contributed by atoms with Crippen LogP contribution in [0.5, 0.6) is 0 Å². The lowest BCUT2D eigenvalue weighted by Crippen LogP contribution is -2.46. The quantitative estimate of drug-likeness (QED) is 0.726. The number of hydrogen-bond donors (Lipinski definition) is 2. The van der Waals surface area contributed by atoms with Gasteiger partial charge < -0.3 is 9.96 Å². The highest BCUT2D eigenvalue weighted by molar-refractivity contribution is 6.74. The SMILES string of the molecule is C/C(=C/C(C)N[Si](C)(C)C)N[Si](C)(C)C. The lowest BCUT2D eigenvalue weighted by atomic mass is 10.3. The van der Waals surface area contributed by atoms with Gasteiger partial charge in [0.25, 0.3) is 0 Å². The zero-order valence-electron chi connectivity index (χ0n) is 11.7. The molecule has 0 fully saturated rings. The van der Waals surface area contributed by atoms with Gasteiger partial charge in [0.05, 0.1) is 0 Å². The van der Waals surface area contributed by atoms with Gasteiger partial charge in [-0.15, -0.1) is 0 Å². The van der Waals surface area contributed by atoms with E-state index in [9.17, 15) is 0 Å². The Kier molecular flexibility index (Phi) is 5.30. The van der Waals surface area contributed by atoms with E-state index in [1.165, 1.54) is 5.70 Å². The van der Waals surface area contributed by atoms with Gasteiger partial charge in [0.1, 0.15) is 16.5 Å². The number of allylic oxidation sites excluding steroid dienone is 1. The van der Waals surface area contributed by atoms with Crippen LogP contribution in [0.1, 0.15) is 13.8 Å². The number of hydrogen-bond acceptors (Lipinski definition) is 2. The van der Waals surface area contributed by atoms with Gasteiger partial charge in [0, 0.05) is 6.04 Å². The minimum Gasteiger partial charge on any atom is -0.414 e. The third-order valence-corrected chi connectivity index (χ3v) is 4.20. The zero-order valence-corrected chi connectivity index (χ0v) is 13.7. The first-order valence-electron chi connectivity index (χ1n) is 5.74. The number of rotatable bonds is 5. The van der Waals surface area contributed by atoms with E-state index in [0.717, 1.165) is 0 Å². The average molecular weight is 245 g/mol. The largest absolute Gasteiger partial charge is 0.414 e. The first kappa shape index (κ1) is 14.9. The second-order valence-electron chi connectivity index (χ2n) is 6.41. The molecule has 0 heterocycles. The van der Waals surface area contributed by atoms with Crippen molar-refractivity contribution in [3.63, 3.8) is 0 Å². The summed E-state index contributed by atoms with van der Waals surface area (Å²) >= 11 is 0. The number of nitrogens with one attached hydrogen (secondary N) is 2. The molecule has 1 atom stereocenters. The molecule has 2 N–H and O–H groups in total. The van der Waals surface area contributed by atoms with E-state index >= 15 is 0 Å². The lowest BCUT2D eigenvalue weighted by molar-refractivity contribution is 0.794. The predicted molar refractivity (Wildman–Crippen MR) is 76.2 cm³/mol. The highest BCUT2D eigenvalue weighted by atomic mass is 28.3. The molecule has 0 aliphatic carbocycles. The van der Waals surface area contributed by atoms with Crippen LogP contribution >= 0.6 is 0 Å². The molecule has 15 heavy (non-hydrogen) atoms. The standard InChI is InChI=1S/C11H28N2Si2/c1-10(12-14(3,4)5)9-11(2)13-15(6,7)8/h9-10,12-13H,1-8H3/b11-9-. The average Bonchev–Trinajstić information content (AvgIpc) is 1.73. The van der Waals surface area contributed by atoms with Gasteiger partial charge in [-0.3, -0.25) is 0 Å². The van der Waals surface area contributed by atoms with E-state index in [1.807, 2.05) is 0 Å². The summed E-state index contributed by atoms with van der Waals surface area (Å²) < 4.78 is 0. The molecule has 0 aromatic heterocycles. The predicted octanol–water partition coefficient (Wildman–Crippen LogP) is 3.13. The van der Waals surface area contributed by atoms with E-state index in [4.69, 9.17) is 0 Å². The molecule has 90 valence electrons. The Balaban J connectivity index is 4.24. The Morgan fingerprint density at radius 3 is 1.80 bits per heavy atom. The van der Waals surface area contributed by atoms with Crippen LogP contribution in [-0.2, 0) is 0 Å². The summed E-state index contributed by atoms with van der Waals surface area (Å²) in [6.45, 7) is 18.4. The topological polar surface area (TPSA) is 24.1 Å². The van der Waals surface area contributed by atoms with Crippen LogP contribution in [0.3, 0.4) is 0 Å². The molecule has 0 aliphatic heterocycles. The molecule has 2 nitrogen and oxygen atoms in total. The fourth-order valence-electron chi connectivity index (χ4n) is 1.73. The first-order chi connectivity index (χ1) is 6.49. The third kappa shape index (κ3) is 10.2. The van der Waals surface area contributed by atoms with Gasteiger partial charge in [0.15, 0.2) is 0 Å². The molecule has 0 spiro atoms. The van der Waals surface area contributed by atoms with Crippen LogP contribution in [0.4, 0.5) is 0 Å². The summed E-state index contributed by atoms with van der Waals surface area (Å²) in [5.41, 5.74) is 1.31. The van der Waals surface area contributed by atoms with Crippen molar-refractivity contribution in [1.29, 1.82) is 0 Å². The van der Waals surface area contributed by atoms with Gasteiger partial charge >= 0.3 is 0 Å². The first-order valence-corrected chi connectivity index (χ1v) is 12.7. The van der Waals surface area contributed by atoms with Gasteiger partial charge in [-0.2, -0.15) is 0 Å². The van der Waals surface area contributed by atoms with Gasteiger partial charge in [-0.05, 0) is 19.5 Å². The van der Waals surface area contributed by atoms with Crippen LogP contribution in [0.2, 0.25) is 39.3 Å². The zero-order chi connectivity index (χ0) is 12.3. The molecule has 0 radical (unpaired) electrons. The van der Waals surface area contributed by atoms with Crippen molar-refractivity contribution < 1.29 is 0 Å². The monoisotopic (exact) mass is 244 g/mol. The third-order valence-electron chi connectivity index (χ3n) is 1.73. The molecular weight excluding hydrogens is 216 g/mol. The molecule has 0 aromatic rings. The van der Waals surface area contributed by atoms with Crippen molar-refractivity contribution in [3.8, 4) is 0 Å². The molecular formula is C11H28N2Si2. The summed E-state index contributed by atoms with van der Waals surface area (Å²) in [7, 11) is -2.34. The second-order valence-corrected chi connectivity index (χ2v) is 15.9. The Hall–Kier alpha value is -0.0662. The molecule has 0 saturated heterocycles. The van der Waals surface area contributed by atoms with Crippen LogP contribution in [0, 0.1) is 0 Å². The van der Waals surface area contributed by atoms with E-state index in [0.29, 0.717) is 6.04 Å². The Morgan fingerprint density at radius 2 is 1.47 bits per heavy atom.